The van der Waals surface area contributed by atoms with Crippen molar-refractivity contribution in [1.29, 1.82) is 0 Å². The fourth-order valence-electron chi connectivity index (χ4n) is 2.38. The van der Waals surface area contributed by atoms with Crippen molar-refractivity contribution < 1.29 is 9.53 Å². The van der Waals surface area contributed by atoms with Gasteiger partial charge < -0.3 is 4.74 Å². The molecule has 24 heavy (non-hydrogen) atoms. The molecule has 1 amide bonds. The van der Waals surface area contributed by atoms with Gasteiger partial charge in [-0.1, -0.05) is 18.2 Å². The third-order valence-electron chi connectivity index (χ3n) is 3.69. The molecule has 1 aromatic heterocycles. The Kier molecular flexibility index (Phi) is 4.91. The first kappa shape index (κ1) is 16.2. The number of aromatic nitrogens is 1. The van der Waals surface area contributed by atoms with Crippen LogP contribution in [-0.2, 0) is 0 Å². The molecule has 0 fully saturated rings. The Morgan fingerprint density at radius 2 is 1.83 bits per heavy atom. The predicted molar refractivity (Wildman–Crippen MR) is 97.9 cm³/mol. The van der Waals surface area contributed by atoms with Crippen LogP contribution in [0.15, 0.2) is 60.0 Å². The summed E-state index contributed by atoms with van der Waals surface area (Å²) in [6.45, 7) is 2.53. The standard InChI is InChI=1S/C19H18N2O2S/c1-3-21(18(22)15-7-5-4-6-8-15)19-20-17(13-24-19)14-9-11-16(23-2)12-10-14/h4-13H,3H2,1-2H3. The first-order chi connectivity index (χ1) is 11.7. The van der Waals surface area contributed by atoms with Crippen molar-refractivity contribution in [2.24, 2.45) is 0 Å². The van der Waals surface area contributed by atoms with Gasteiger partial charge in [-0.2, -0.15) is 0 Å². The van der Waals surface area contributed by atoms with Gasteiger partial charge in [0.1, 0.15) is 5.75 Å². The summed E-state index contributed by atoms with van der Waals surface area (Å²) in [5.41, 5.74) is 2.53. The van der Waals surface area contributed by atoms with E-state index in [2.05, 4.69) is 4.98 Å². The van der Waals surface area contributed by atoms with Crippen LogP contribution in [0.2, 0.25) is 0 Å². The summed E-state index contributed by atoms with van der Waals surface area (Å²) in [6, 6.07) is 17.0. The molecule has 2 aromatic carbocycles. The molecular weight excluding hydrogens is 320 g/mol. The van der Waals surface area contributed by atoms with Crippen LogP contribution in [0.1, 0.15) is 17.3 Å². The number of methoxy groups -OCH3 is 1. The molecule has 0 saturated heterocycles. The molecule has 3 rings (SSSR count). The van der Waals surface area contributed by atoms with E-state index in [9.17, 15) is 4.79 Å². The minimum atomic E-state index is -0.0336. The van der Waals surface area contributed by atoms with E-state index in [0.717, 1.165) is 17.0 Å². The van der Waals surface area contributed by atoms with Crippen molar-refractivity contribution in [2.75, 3.05) is 18.6 Å². The molecule has 0 aliphatic heterocycles. The van der Waals surface area contributed by atoms with Crippen molar-refractivity contribution in [1.82, 2.24) is 4.98 Å². The Balaban J connectivity index is 1.86. The second-order valence-electron chi connectivity index (χ2n) is 5.16. The average Bonchev–Trinajstić information content (AvgIpc) is 3.13. The van der Waals surface area contributed by atoms with E-state index < -0.39 is 0 Å². The van der Waals surface area contributed by atoms with Gasteiger partial charge in [0.05, 0.1) is 12.8 Å². The maximum atomic E-state index is 12.7. The SMILES string of the molecule is CCN(C(=O)c1ccccc1)c1nc(-c2ccc(OC)cc2)cs1. The zero-order valence-electron chi connectivity index (χ0n) is 13.6. The second kappa shape index (κ2) is 7.27. The molecule has 0 saturated carbocycles. The summed E-state index contributed by atoms with van der Waals surface area (Å²) in [5, 5.41) is 2.68. The highest BCUT2D eigenvalue weighted by Gasteiger charge is 2.19. The Morgan fingerprint density at radius 1 is 1.12 bits per heavy atom. The van der Waals surface area contributed by atoms with Gasteiger partial charge in [0.25, 0.3) is 5.91 Å². The molecule has 0 aliphatic rings. The Bertz CT molecular complexity index is 813. The number of hydrogen-bond donors (Lipinski definition) is 0. The van der Waals surface area contributed by atoms with Gasteiger partial charge in [0.15, 0.2) is 5.13 Å². The minimum Gasteiger partial charge on any atom is -0.497 e. The zero-order chi connectivity index (χ0) is 16.9. The van der Waals surface area contributed by atoms with E-state index in [1.54, 1.807) is 12.0 Å². The lowest BCUT2D eigenvalue weighted by Crippen LogP contribution is -2.30. The maximum Gasteiger partial charge on any atom is 0.260 e. The largest absolute Gasteiger partial charge is 0.497 e. The number of anilines is 1. The van der Waals surface area contributed by atoms with Crippen LogP contribution in [-0.4, -0.2) is 24.5 Å². The van der Waals surface area contributed by atoms with Crippen LogP contribution in [0.3, 0.4) is 0 Å². The lowest BCUT2D eigenvalue weighted by molar-refractivity contribution is 0.0988. The number of rotatable bonds is 5. The van der Waals surface area contributed by atoms with Crippen molar-refractivity contribution >= 4 is 22.4 Å². The quantitative estimate of drug-likeness (QED) is 0.688. The molecule has 0 atom stereocenters. The number of amides is 1. The Morgan fingerprint density at radius 3 is 2.46 bits per heavy atom. The number of benzene rings is 2. The molecule has 1 heterocycles. The van der Waals surface area contributed by atoms with Gasteiger partial charge in [-0.05, 0) is 43.3 Å². The molecule has 0 bridgehead atoms. The first-order valence-corrected chi connectivity index (χ1v) is 8.57. The monoisotopic (exact) mass is 338 g/mol. The fourth-order valence-corrected chi connectivity index (χ4v) is 3.28. The van der Waals surface area contributed by atoms with Gasteiger partial charge in [0, 0.05) is 23.1 Å². The van der Waals surface area contributed by atoms with E-state index in [4.69, 9.17) is 4.74 Å². The lowest BCUT2D eigenvalue weighted by atomic mass is 10.2. The molecule has 0 radical (unpaired) electrons. The lowest BCUT2D eigenvalue weighted by Gasteiger charge is -2.17. The van der Waals surface area contributed by atoms with Gasteiger partial charge in [0.2, 0.25) is 0 Å². The molecule has 5 heteroatoms. The van der Waals surface area contributed by atoms with Crippen LogP contribution >= 0.6 is 11.3 Å². The van der Waals surface area contributed by atoms with Gasteiger partial charge in [-0.3, -0.25) is 9.69 Å². The van der Waals surface area contributed by atoms with Crippen molar-refractivity contribution in [3.8, 4) is 17.0 Å². The minimum absolute atomic E-state index is 0.0336. The normalized spacial score (nSPS) is 10.4. The molecule has 0 unspecified atom stereocenters. The predicted octanol–water partition coefficient (Wildman–Crippen LogP) is 4.49. The highest BCUT2D eigenvalue weighted by atomic mass is 32.1. The summed E-state index contributed by atoms with van der Waals surface area (Å²) in [6.07, 6.45) is 0. The molecule has 3 aromatic rings. The summed E-state index contributed by atoms with van der Waals surface area (Å²) in [5.74, 6) is 0.775. The number of ether oxygens (including phenoxy) is 1. The summed E-state index contributed by atoms with van der Waals surface area (Å²) >= 11 is 1.47. The zero-order valence-corrected chi connectivity index (χ0v) is 14.4. The van der Waals surface area contributed by atoms with Gasteiger partial charge in [-0.15, -0.1) is 11.3 Å². The number of carbonyl (C=O) groups excluding carboxylic acids is 1. The Hall–Kier alpha value is -2.66. The van der Waals surface area contributed by atoms with Crippen molar-refractivity contribution in [3.63, 3.8) is 0 Å². The summed E-state index contributed by atoms with van der Waals surface area (Å²) in [4.78, 5) is 19.0. The van der Waals surface area contributed by atoms with Crippen LogP contribution in [0, 0.1) is 0 Å². The smallest absolute Gasteiger partial charge is 0.260 e. The third-order valence-corrected chi connectivity index (χ3v) is 4.55. The third kappa shape index (κ3) is 3.31. The fraction of sp³-hybridized carbons (Fsp3) is 0.158. The van der Waals surface area contributed by atoms with Gasteiger partial charge >= 0.3 is 0 Å². The highest BCUT2D eigenvalue weighted by molar-refractivity contribution is 7.14. The van der Waals surface area contributed by atoms with E-state index in [-0.39, 0.29) is 5.91 Å². The van der Waals surface area contributed by atoms with E-state index in [1.807, 2.05) is 66.9 Å². The van der Waals surface area contributed by atoms with E-state index in [0.29, 0.717) is 17.2 Å². The maximum absolute atomic E-state index is 12.7. The van der Waals surface area contributed by atoms with Crippen LogP contribution in [0.4, 0.5) is 5.13 Å². The van der Waals surface area contributed by atoms with Crippen LogP contribution in [0.25, 0.3) is 11.3 Å². The number of nitrogens with zero attached hydrogens (tertiary/aromatic N) is 2. The molecule has 122 valence electrons. The van der Waals surface area contributed by atoms with Crippen molar-refractivity contribution in [2.45, 2.75) is 6.92 Å². The molecule has 4 nitrogen and oxygen atoms in total. The van der Waals surface area contributed by atoms with Crippen LogP contribution < -0.4 is 9.64 Å². The summed E-state index contributed by atoms with van der Waals surface area (Å²) < 4.78 is 5.18. The van der Waals surface area contributed by atoms with Gasteiger partial charge in [-0.25, -0.2) is 4.98 Å². The average molecular weight is 338 g/mol. The molecule has 0 N–H and O–H groups in total. The van der Waals surface area contributed by atoms with E-state index in [1.165, 1.54) is 11.3 Å². The van der Waals surface area contributed by atoms with Crippen molar-refractivity contribution in [3.05, 3.63) is 65.5 Å². The Labute approximate surface area is 145 Å². The number of thiazole rings is 1. The molecule has 0 spiro atoms. The number of hydrogen-bond acceptors (Lipinski definition) is 4. The van der Waals surface area contributed by atoms with E-state index >= 15 is 0 Å². The molecule has 0 aliphatic carbocycles. The second-order valence-corrected chi connectivity index (χ2v) is 6.00. The topological polar surface area (TPSA) is 42.4 Å². The highest BCUT2D eigenvalue weighted by Crippen LogP contribution is 2.29. The number of carbonyl (C=O) groups is 1. The summed E-state index contributed by atoms with van der Waals surface area (Å²) in [7, 11) is 1.64. The first-order valence-electron chi connectivity index (χ1n) is 7.69. The molecular formula is C19H18N2O2S. The van der Waals surface area contributed by atoms with Crippen LogP contribution in [0.5, 0.6) is 5.75 Å².